The summed E-state index contributed by atoms with van der Waals surface area (Å²) in [5.74, 6) is 1.08. The second kappa shape index (κ2) is 7.26. The molecule has 2 N–H and O–H groups in total. The number of hydrogen-bond acceptors (Lipinski definition) is 3. The monoisotopic (exact) mass is 333 g/mol. The van der Waals surface area contributed by atoms with E-state index >= 15 is 0 Å². The number of benzene rings is 3. The largest absolute Gasteiger partial charge is 0.489 e. The number of ether oxygens (including phenoxy) is 1. The lowest BCUT2D eigenvalue weighted by molar-refractivity contribution is 0.118. The molecule has 0 amide bonds. The molecule has 1 saturated heterocycles. The fourth-order valence-electron chi connectivity index (χ4n) is 3.54. The summed E-state index contributed by atoms with van der Waals surface area (Å²) < 4.78 is 5.94. The third-order valence-electron chi connectivity index (χ3n) is 4.98. The molecule has 128 valence electrons. The zero-order valence-electron chi connectivity index (χ0n) is 14.2. The van der Waals surface area contributed by atoms with Gasteiger partial charge in [-0.25, -0.2) is 0 Å². The van der Waals surface area contributed by atoms with Crippen LogP contribution in [0.3, 0.4) is 0 Å². The van der Waals surface area contributed by atoms with Crippen LogP contribution in [-0.2, 0) is 6.61 Å². The summed E-state index contributed by atoms with van der Waals surface area (Å²) >= 11 is 0. The molecule has 3 aromatic carbocycles. The van der Waals surface area contributed by atoms with Gasteiger partial charge in [0, 0.05) is 12.5 Å². The van der Waals surface area contributed by atoms with Crippen LogP contribution in [0.2, 0.25) is 0 Å². The number of aliphatic hydroxyl groups excluding tert-OH is 1. The molecule has 1 fully saturated rings. The van der Waals surface area contributed by atoms with E-state index in [1.165, 1.54) is 16.3 Å². The molecule has 0 bridgehead atoms. The Balaban J connectivity index is 1.42. The van der Waals surface area contributed by atoms with E-state index in [-0.39, 0.29) is 12.0 Å². The van der Waals surface area contributed by atoms with E-state index in [4.69, 9.17) is 4.74 Å². The number of piperidine rings is 1. The normalized spacial score (nSPS) is 20.5. The molecule has 0 spiro atoms. The van der Waals surface area contributed by atoms with E-state index in [2.05, 4.69) is 59.9 Å². The molecule has 0 saturated carbocycles. The van der Waals surface area contributed by atoms with Crippen molar-refractivity contribution in [2.45, 2.75) is 25.0 Å². The van der Waals surface area contributed by atoms with Crippen molar-refractivity contribution in [3.63, 3.8) is 0 Å². The highest BCUT2D eigenvalue weighted by Gasteiger charge is 2.24. The first-order chi connectivity index (χ1) is 12.3. The maximum atomic E-state index is 10.1. The molecule has 25 heavy (non-hydrogen) atoms. The highest BCUT2D eigenvalue weighted by atomic mass is 16.5. The molecule has 3 aromatic rings. The van der Waals surface area contributed by atoms with Crippen LogP contribution in [0, 0.1) is 0 Å². The van der Waals surface area contributed by atoms with Gasteiger partial charge >= 0.3 is 0 Å². The van der Waals surface area contributed by atoms with Gasteiger partial charge in [-0.05, 0) is 53.1 Å². The summed E-state index contributed by atoms with van der Waals surface area (Å²) in [6, 6.07) is 22.9. The van der Waals surface area contributed by atoms with Gasteiger partial charge in [0.05, 0.1) is 6.10 Å². The Bertz CT molecular complexity index is 844. The van der Waals surface area contributed by atoms with Gasteiger partial charge in [-0.3, -0.25) is 0 Å². The van der Waals surface area contributed by atoms with Gasteiger partial charge < -0.3 is 15.2 Å². The fraction of sp³-hybridized carbons (Fsp3) is 0.273. The summed E-state index contributed by atoms with van der Waals surface area (Å²) in [6.45, 7) is 2.19. The van der Waals surface area contributed by atoms with Crippen LogP contribution in [-0.4, -0.2) is 24.3 Å². The average molecular weight is 333 g/mol. The van der Waals surface area contributed by atoms with Gasteiger partial charge in [0.1, 0.15) is 12.4 Å². The molecule has 2 unspecified atom stereocenters. The van der Waals surface area contributed by atoms with Crippen molar-refractivity contribution in [3.05, 3.63) is 77.9 Å². The average Bonchev–Trinajstić information content (AvgIpc) is 2.67. The molecule has 0 radical (unpaired) electrons. The Morgan fingerprint density at radius 1 is 0.960 bits per heavy atom. The van der Waals surface area contributed by atoms with Crippen molar-refractivity contribution in [3.8, 4) is 5.75 Å². The minimum Gasteiger partial charge on any atom is -0.489 e. The number of fused-ring (bicyclic) bond motifs is 1. The van der Waals surface area contributed by atoms with Crippen LogP contribution in [0.25, 0.3) is 10.8 Å². The maximum Gasteiger partial charge on any atom is 0.119 e. The highest BCUT2D eigenvalue weighted by Crippen LogP contribution is 2.27. The first-order valence-corrected chi connectivity index (χ1v) is 8.89. The van der Waals surface area contributed by atoms with E-state index in [0.717, 1.165) is 24.3 Å². The second-order valence-corrected chi connectivity index (χ2v) is 6.71. The second-order valence-electron chi connectivity index (χ2n) is 6.71. The van der Waals surface area contributed by atoms with Crippen LogP contribution in [0.4, 0.5) is 0 Å². The van der Waals surface area contributed by atoms with Gasteiger partial charge in [0.15, 0.2) is 0 Å². The summed E-state index contributed by atoms with van der Waals surface area (Å²) in [4.78, 5) is 0. The van der Waals surface area contributed by atoms with Crippen molar-refractivity contribution in [2.75, 3.05) is 13.1 Å². The van der Waals surface area contributed by atoms with Crippen LogP contribution < -0.4 is 10.1 Å². The van der Waals surface area contributed by atoms with E-state index in [0.29, 0.717) is 13.2 Å². The molecule has 3 heteroatoms. The Morgan fingerprint density at radius 2 is 1.76 bits per heavy atom. The SMILES string of the molecule is OC1CNCCC1c1ccc(OCc2ccc3ccccc3c2)cc1. The summed E-state index contributed by atoms with van der Waals surface area (Å²) in [6.07, 6.45) is 0.663. The van der Waals surface area contributed by atoms with Gasteiger partial charge in [-0.2, -0.15) is 0 Å². The van der Waals surface area contributed by atoms with Gasteiger partial charge in [-0.1, -0.05) is 48.5 Å². The zero-order valence-corrected chi connectivity index (χ0v) is 14.2. The fourth-order valence-corrected chi connectivity index (χ4v) is 3.54. The standard InChI is InChI=1S/C22H23NO2/c24-22-14-23-12-11-21(22)18-7-9-20(10-8-18)25-15-16-5-6-17-3-1-2-4-19(17)13-16/h1-10,13,21-24H,11-12,14-15H2. The lowest BCUT2D eigenvalue weighted by Crippen LogP contribution is -2.39. The number of rotatable bonds is 4. The van der Waals surface area contributed by atoms with Crippen molar-refractivity contribution >= 4 is 10.8 Å². The van der Waals surface area contributed by atoms with Crippen molar-refractivity contribution < 1.29 is 9.84 Å². The third-order valence-corrected chi connectivity index (χ3v) is 4.98. The van der Waals surface area contributed by atoms with E-state index < -0.39 is 0 Å². The molecule has 1 aliphatic heterocycles. The first kappa shape index (κ1) is 16.1. The minimum atomic E-state index is -0.307. The molecular weight excluding hydrogens is 310 g/mol. The molecule has 1 heterocycles. The minimum absolute atomic E-state index is 0.218. The van der Waals surface area contributed by atoms with Crippen LogP contribution in [0.1, 0.15) is 23.5 Å². The molecule has 4 rings (SSSR count). The lowest BCUT2D eigenvalue weighted by Gasteiger charge is -2.28. The smallest absolute Gasteiger partial charge is 0.119 e. The van der Waals surface area contributed by atoms with Crippen LogP contribution in [0.5, 0.6) is 5.75 Å². The number of β-amino-alcohol motifs (C(OH)–C–C–N with tert-alkyl or cyclic N) is 1. The van der Waals surface area contributed by atoms with Crippen molar-refractivity contribution in [1.29, 1.82) is 0 Å². The summed E-state index contributed by atoms with van der Waals surface area (Å²) in [7, 11) is 0. The predicted octanol–water partition coefficient (Wildman–Crippen LogP) is 3.86. The number of aliphatic hydroxyl groups is 1. The molecule has 2 atom stereocenters. The van der Waals surface area contributed by atoms with Gasteiger partial charge in [-0.15, -0.1) is 0 Å². The first-order valence-electron chi connectivity index (χ1n) is 8.89. The maximum absolute atomic E-state index is 10.1. The van der Waals surface area contributed by atoms with Gasteiger partial charge in [0.25, 0.3) is 0 Å². The van der Waals surface area contributed by atoms with E-state index in [1.54, 1.807) is 0 Å². The summed E-state index contributed by atoms with van der Waals surface area (Å²) in [5, 5.41) is 15.8. The van der Waals surface area contributed by atoms with E-state index in [1.807, 2.05) is 12.1 Å². The molecular formula is C22H23NO2. The lowest BCUT2D eigenvalue weighted by atomic mass is 9.88. The topological polar surface area (TPSA) is 41.5 Å². The number of nitrogens with one attached hydrogen (secondary N) is 1. The molecule has 0 aromatic heterocycles. The zero-order chi connectivity index (χ0) is 17.1. The van der Waals surface area contributed by atoms with E-state index in [9.17, 15) is 5.11 Å². The Hall–Kier alpha value is -2.36. The number of hydrogen-bond donors (Lipinski definition) is 2. The Kier molecular flexibility index (Phi) is 4.68. The molecule has 3 nitrogen and oxygen atoms in total. The predicted molar refractivity (Wildman–Crippen MR) is 101 cm³/mol. The molecule has 1 aliphatic rings. The third kappa shape index (κ3) is 3.68. The highest BCUT2D eigenvalue weighted by molar-refractivity contribution is 5.82. The van der Waals surface area contributed by atoms with Gasteiger partial charge in [0.2, 0.25) is 0 Å². The Morgan fingerprint density at radius 3 is 2.56 bits per heavy atom. The van der Waals surface area contributed by atoms with Crippen molar-refractivity contribution in [2.24, 2.45) is 0 Å². The van der Waals surface area contributed by atoms with Crippen molar-refractivity contribution in [1.82, 2.24) is 5.32 Å². The Labute approximate surface area is 148 Å². The quantitative estimate of drug-likeness (QED) is 0.762. The van der Waals surface area contributed by atoms with Crippen LogP contribution >= 0.6 is 0 Å². The summed E-state index contributed by atoms with van der Waals surface area (Å²) in [5.41, 5.74) is 2.35. The van der Waals surface area contributed by atoms with Crippen LogP contribution in [0.15, 0.2) is 66.7 Å². The molecule has 0 aliphatic carbocycles.